The molecule has 0 bridgehead atoms. The third-order valence-electron chi connectivity index (χ3n) is 4.65. The third kappa shape index (κ3) is 3.22. The molecule has 144 valence electrons. The molecule has 0 aliphatic carbocycles. The Kier molecular flexibility index (Phi) is 4.36. The zero-order valence-electron chi connectivity index (χ0n) is 15.5. The van der Waals surface area contributed by atoms with E-state index in [0.717, 1.165) is 67.1 Å². The predicted octanol–water partition coefficient (Wildman–Crippen LogP) is 4.50. The number of rotatable bonds is 0. The van der Waals surface area contributed by atoms with Gasteiger partial charge in [-0.1, -0.05) is 35.8 Å². The second kappa shape index (κ2) is 7.49. The topological polar surface area (TPSA) is 77.3 Å². The van der Waals surface area contributed by atoms with Gasteiger partial charge < -0.3 is 0 Å². The van der Waals surface area contributed by atoms with Crippen molar-refractivity contribution in [3.63, 3.8) is 0 Å². The summed E-state index contributed by atoms with van der Waals surface area (Å²) in [6, 6.07) is 15.5. The fourth-order valence-corrected chi connectivity index (χ4v) is 4.82. The van der Waals surface area contributed by atoms with Gasteiger partial charge in [-0.3, -0.25) is 0 Å². The highest BCUT2D eigenvalue weighted by molar-refractivity contribution is 7.00. The van der Waals surface area contributed by atoms with E-state index in [0.29, 0.717) is 0 Å². The minimum Gasteiger partial charge on any atom is -0.173 e. The monoisotopic (exact) mass is 452 g/mol. The van der Waals surface area contributed by atoms with Crippen molar-refractivity contribution < 1.29 is 0 Å². The maximum atomic E-state index is 4.45. The molecule has 0 aliphatic rings. The molecular formula is C22H8N6S3. The van der Waals surface area contributed by atoms with Gasteiger partial charge >= 0.3 is 0 Å². The zero-order chi connectivity index (χ0) is 20.6. The summed E-state index contributed by atoms with van der Waals surface area (Å²) in [7, 11) is 0. The van der Waals surface area contributed by atoms with E-state index < -0.39 is 0 Å². The number of hydrogen-bond donors (Lipinski definition) is 0. The van der Waals surface area contributed by atoms with Crippen LogP contribution in [0.4, 0.5) is 0 Å². The fourth-order valence-electron chi connectivity index (χ4n) is 3.15. The van der Waals surface area contributed by atoms with Crippen molar-refractivity contribution in [3.05, 3.63) is 70.8 Å². The van der Waals surface area contributed by atoms with Gasteiger partial charge in [0.25, 0.3) is 0 Å². The fraction of sp³-hybridized carbons (Fsp3) is 0. The van der Waals surface area contributed by atoms with Gasteiger partial charge in [-0.05, 0) is 36.4 Å². The smallest absolute Gasteiger partial charge is 0.121 e. The second-order valence-corrected chi connectivity index (χ2v) is 8.08. The Balaban J connectivity index is 1.42. The van der Waals surface area contributed by atoms with E-state index >= 15 is 0 Å². The Morgan fingerprint density at radius 1 is 0.419 bits per heavy atom. The molecule has 3 heterocycles. The van der Waals surface area contributed by atoms with Crippen LogP contribution in [0.5, 0.6) is 0 Å². The number of benzene rings is 3. The first-order valence-corrected chi connectivity index (χ1v) is 11.3. The van der Waals surface area contributed by atoms with E-state index in [1.807, 2.05) is 48.5 Å². The molecule has 6 aromatic rings. The largest absolute Gasteiger partial charge is 0.173 e. The maximum Gasteiger partial charge on any atom is 0.121 e. The summed E-state index contributed by atoms with van der Waals surface area (Å²) in [6.07, 6.45) is 0. The van der Waals surface area contributed by atoms with Crippen molar-refractivity contribution >= 4 is 68.3 Å². The lowest BCUT2D eigenvalue weighted by Crippen LogP contribution is -1.85. The average Bonchev–Trinajstić information content (AvgIpc) is 3.56. The Bertz CT molecular complexity index is 1600. The highest BCUT2D eigenvalue weighted by Crippen LogP contribution is 2.22. The molecule has 0 saturated heterocycles. The first kappa shape index (κ1) is 18.0. The van der Waals surface area contributed by atoms with Gasteiger partial charge in [0, 0.05) is 0 Å². The standard InChI is InChI=1S/C22H8N6S3/c1-3-13(19-17(5-1)23-29-25-19)7-9-15-11-12-16(22-21(15)27-31-28-22)10-8-14-4-2-6-18-20(14)26-30-24-18/h1-6,11-12H. The van der Waals surface area contributed by atoms with Gasteiger partial charge in [-0.15, -0.1) is 0 Å². The normalized spacial score (nSPS) is 10.7. The third-order valence-corrected chi connectivity index (χ3v) is 6.26. The van der Waals surface area contributed by atoms with Crippen molar-refractivity contribution in [1.29, 1.82) is 0 Å². The van der Waals surface area contributed by atoms with Gasteiger partial charge in [0.1, 0.15) is 33.1 Å². The van der Waals surface area contributed by atoms with Crippen LogP contribution in [-0.4, -0.2) is 26.2 Å². The van der Waals surface area contributed by atoms with E-state index in [1.165, 1.54) is 23.5 Å². The minimum atomic E-state index is 0.751. The molecule has 0 spiro atoms. The molecule has 6 nitrogen and oxygen atoms in total. The van der Waals surface area contributed by atoms with Crippen LogP contribution in [0.15, 0.2) is 48.5 Å². The summed E-state index contributed by atoms with van der Waals surface area (Å²) >= 11 is 3.53. The molecule has 0 fully saturated rings. The van der Waals surface area contributed by atoms with Gasteiger partial charge in [0.15, 0.2) is 0 Å². The van der Waals surface area contributed by atoms with E-state index in [4.69, 9.17) is 0 Å². The van der Waals surface area contributed by atoms with Gasteiger partial charge in [-0.2, -0.15) is 26.2 Å². The van der Waals surface area contributed by atoms with Crippen LogP contribution in [0.3, 0.4) is 0 Å². The second-order valence-electron chi connectivity index (χ2n) is 6.50. The van der Waals surface area contributed by atoms with E-state index in [9.17, 15) is 0 Å². The van der Waals surface area contributed by atoms with Crippen molar-refractivity contribution in [1.82, 2.24) is 26.2 Å². The molecule has 0 aliphatic heterocycles. The van der Waals surface area contributed by atoms with Crippen LogP contribution in [0.2, 0.25) is 0 Å². The van der Waals surface area contributed by atoms with Crippen LogP contribution in [0, 0.1) is 23.7 Å². The Morgan fingerprint density at radius 2 is 0.806 bits per heavy atom. The SMILES string of the molecule is C(#Cc1ccc(C#Cc2cccc3nsnc23)c2nsnc12)c1cccc2nsnc12. The average molecular weight is 453 g/mol. The molecule has 31 heavy (non-hydrogen) atoms. The van der Waals surface area contributed by atoms with Crippen molar-refractivity contribution in [2.45, 2.75) is 0 Å². The Hall–Kier alpha value is -3.76. The lowest BCUT2D eigenvalue weighted by Gasteiger charge is -1.96. The highest BCUT2D eigenvalue weighted by atomic mass is 32.1. The minimum absolute atomic E-state index is 0.751. The lowest BCUT2D eigenvalue weighted by atomic mass is 10.1. The van der Waals surface area contributed by atoms with Crippen LogP contribution in [0.25, 0.3) is 33.1 Å². The van der Waals surface area contributed by atoms with Crippen LogP contribution in [-0.2, 0) is 0 Å². The number of hydrogen-bond acceptors (Lipinski definition) is 9. The van der Waals surface area contributed by atoms with Gasteiger partial charge in [-0.25, -0.2) is 0 Å². The van der Waals surface area contributed by atoms with Gasteiger partial charge in [0.2, 0.25) is 0 Å². The summed E-state index contributed by atoms with van der Waals surface area (Å²) in [5.74, 6) is 12.9. The molecule has 9 heteroatoms. The number of aromatic nitrogens is 6. The molecule has 0 unspecified atom stereocenters. The summed E-state index contributed by atoms with van der Waals surface area (Å²) < 4.78 is 26.1. The van der Waals surface area contributed by atoms with E-state index in [1.54, 1.807) is 0 Å². The molecule has 0 atom stereocenters. The predicted molar refractivity (Wildman–Crippen MR) is 124 cm³/mol. The van der Waals surface area contributed by atoms with Gasteiger partial charge in [0.05, 0.1) is 57.4 Å². The first-order chi connectivity index (χ1) is 15.4. The molecule has 0 N–H and O–H groups in total. The summed E-state index contributed by atoms with van der Waals surface area (Å²) in [5.41, 5.74) is 8.15. The molecule has 0 saturated carbocycles. The summed E-state index contributed by atoms with van der Waals surface area (Å²) in [5, 5.41) is 0. The molecule has 0 amide bonds. The zero-order valence-corrected chi connectivity index (χ0v) is 18.0. The number of nitrogens with zero attached hydrogens (tertiary/aromatic N) is 6. The first-order valence-electron chi connectivity index (χ1n) is 9.09. The molecule has 3 aromatic heterocycles. The molecule has 6 rings (SSSR count). The quantitative estimate of drug-likeness (QED) is 0.316. The van der Waals surface area contributed by atoms with Crippen LogP contribution >= 0.6 is 35.2 Å². The maximum absolute atomic E-state index is 4.45. The van der Waals surface area contributed by atoms with Crippen LogP contribution in [0.1, 0.15) is 22.3 Å². The summed E-state index contributed by atoms with van der Waals surface area (Å²) in [4.78, 5) is 0. The lowest BCUT2D eigenvalue weighted by molar-refractivity contribution is 1.57. The molecular weight excluding hydrogens is 444 g/mol. The van der Waals surface area contributed by atoms with Crippen molar-refractivity contribution in [2.24, 2.45) is 0 Å². The number of fused-ring (bicyclic) bond motifs is 3. The van der Waals surface area contributed by atoms with Crippen molar-refractivity contribution in [3.8, 4) is 23.7 Å². The van der Waals surface area contributed by atoms with Crippen molar-refractivity contribution in [2.75, 3.05) is 0 Å². The Labute approximate surface area is 188 Å². The van der Waals surface area contributed by atoms with E-state index in [2.05, 4.69) is 49.9 Å². The molecule has 3 aromatic carbocycles. The highest BCUT2D eigenvalue weighted by Gasteiger charge is 2.09. The molecule has 0 radical (unpaired) electrons. The van der Waals surface area contributed by atoms with E-state index in [-0.39, 0.29) is 0 Å². The Morgan fingerprint density at radius 3 is 1.29 bits per heavy atom. The van der Waals surface area contributed by atoms with Crippen LogP contribution < -0.4 is 0 Å². The summed E-state index contributed by atoms with van der Waals surface area (Å²) in [6.45, 7) is 0.